The van der Waals surface area contributed by atoms with E-state index in [1.54, 1.807) is 0 Å². The average Bonchev–Trinajstić information content (AvgIpc) is 2.77. The van der Waals surface area contributed by atoms with E-state index in [2.05, 4.69) is 44.1 Å². The van der Waals surface area contributed by atoms with Crippen molar-refractivity contribution in [3.63, 3.8) is 0 Å². The normalized spacial score (nSPS) is 14.9. The standard InChI is InChI=1S/C10H10N4/c1-7-11-8-5-12-3-2-4-13-6-14(7)9(8)10(12)13/h2-4H,5-6H2,1H3/q+2. The highest BCUT2D eigenvalue weighted by atomic mass is 15.3. The Morgan fingerprint density at radius 1 is 1.36 bits per heavy atom. The maximum Gasteiger partial charge on any atom is 0.472 e. The molecule has 0 unspecified atom stereocenters. The minimum absolute atomic E-state index is 0.921. The smallest absolute Gasteiger partial charge is 0.259 e. The van der Waals surface area contributed by atoms with Crippen LogP contribution in [-0.2, 0) is 13.2 Å². The highest BCUT2D eigenvalue weighted by molar-refractivity contribution is 5.52. The maximum atomic E-state index is 4.58. The van der Waals surface area contributed by atoms with Crippen LogP contribution in [0.1, 0.15) is 11.5 Å². The molecule has 2 aliphatic heterocycles. The summed E-state index contributed by atoms with van der Waals surface area (Å²) >= 11 is 0. The van der Waals surface area contributed by atoms with Gasteiger partial charge >= 0.3 is 5.82 Å². The summed E-state index contributed by atoms with van der Waals surface area (Å²) in [7, 11) is 0. The molecule has 0 bridgehead atoms. The Balaban J connectivity index is 2.21. The van der Waals surface area contributed by atoms with E-state index in [9.17, 15) is 0 Å². The van der Waals surface area contributed by atoms with Crippen molar-refractivity contribution >= 4 is 0 Å². The number of hydrogen-bond donors (Lipinski definition) is 0. The molecule has 68 valence electrons. The molecule has 0 saturated heterocycles. The van der Waals surface area contributed by atoms with Crippen LogP contribution in [0.5, 0.6) is 0 Å². The highest BCUT2D eigenvalue weighted by Gasteiger charge is 2.46. The quantitative estimate of drug-likeness (QED) is 0.343. The maximum absolute atomic E-state index is 4.58. The predicted molar refractivity (Wildman–Crippen MR) is 47.3 cm³/mol. The van der Waals surface area contributed by atoms with E-state index in [4.69, 9.17) is 0 Å². The van der Waals surface area contributed by atoms with E-state index in [0.29, 0.717) is 0 Å². The van der Waals surface area contributed by atoms with Crippen LogP contribution in [0.15, 0.2) is 18.5 Å². The van der Waals surface area contributed by atoms with Gasteiger partial charge in [-0.05, 0) is 6.92 Å². The molecule has 4 heteroatoms. The monoisotopic (exact) mass is 186 g/mol. The van der Waals surface area contributed by atoms with E-state index in [-0.39, 0.29) is 0 Å². The molecule has 2 aliphatic rings. The molecule has 4 heterocycles. The molecule has 0 aliphatic carbocycles. The average molecular weight is 186 g/mol. The zero-order chi connectivity index (χ0) is 9.28. The minimum atomic E-state index is 0.921. The predicted octanol–water partition coefficient (Wildman–Crippen LogP) is -0.386. The van der Waals surface area contributed by atoms with Crippen LogP contribution in [0.3, 0.4) is 0 Å². The Hall–Kier alpha value is -1.71. The van der Waals surface area contributed by atoms with Crippen molar-refractivity contribution in [1.29, 1.82) is 0 Å². The zero-order valence-corrected chi connectivity index (χ0v) is 7.94. The van der Waals surface area contributed by atoms with Crippen LogP contribution >= 0.6 is 0 Å². The number of imidazole rings is 1. The third-order valence-corrected chi connectivity index (χ3v) is 3.13. The van der Waals surface area contributed by atoms with Crippen molar-refractivity contribution in [1.82, 2.24) is 9.55 Å². The van der Waals surface area contributed by atoms with Gasteiger partial charge in [0.05, 0.1) is 6.07 Å². The van der Waals surface area contributed by atoms with Gasteiger partial charge in [-0.2, -0.15) is 0 Å². The summed E-state index contributed by atoms with van der Waals surface area (Å²) in [5, 5.41) is 0. The first-order chi connectivity index (χ1) is 6.84. The van der Waals surface area contributed by atoms with Crippen molar-refractivity contribution in [2.45, 2.75) is 20.1 Å². The first-order valence-electron chi connectivity index (χ1n) is 4.83. The van der Waals surface area contributed by atoms with Crippen molar-refractivity contribution in [3.05, 3.63) is 30.0 Å². The number of aryl methyl sites for hydroxylation is 1. The summed E-state index contributed by atoms with van der Waals surface area (Å²) in [6, 6.07) is 2.09. The lowest BCUT2D eigenvalue weighted by atomic mass is 10.4. The highest BCUT2D eigenvalue weighted by Crippen LogP contribution is 2.27. The lowest BCUT2D eigenvalue weighted by Crippen LogP contribution is -2.45. The van der Waals surface area contributed by atoms with Crippen molar-refractivity contribution in [3.8, 4) is 11.5 Å². The Morgan fingerprint density at radius 3 is 3.14 bits per heavy atom. The summed E-state index contributed by atoms with van der Waals surface area (Å²) in [6.07, 6.45) is 4.26. The van der Waals surface area contributed by atoms with E-state index in [0.717, 1.165) is 19.0 Å². The molecule has 0 spiro atoms. The lowest BCUT2D eigenvalue weighted by Gasteiger charge is -1.91. The van der Waals surface area contributed by atoms with Gasteiger partial charge in [-0.25, -0.2) is 4.98 Å². The second-order valence-electron chi connectivity index (χ2n) is 3.94. The van der Waals surface area contributed by atoms with Crippen LogP contribution in [0.4, 0.5) is 0 Å². The topological polar surface area (TPSA) is 25.6 Å². The number of rotatable bonds is 0. The second kappa shape index (κ2) is 1.87. The summed E-state index contributed by atoms with van der Waals surface area (Å²) in [5.41, 5.74) is 2.54. The Morgan fingerprint density at radius 2 is 2.21 bits per heavy atom. The van der Waals surface area contributed by atoms with Gasteiger partial charge in [0.2, 0.25) is 12.4 Å². The van der Waals surface area contributed by atoms with Crippen molar-refractivity contribution in [2.75, 3.05) is 0 Å². The third kappa shape index (κ3) is 0.547. The summed E-state index contributed by atoms with van der Waals surface area (Å²) in [5.74, 6) is 2.44. The fourth-order valence-electron chi connectivity index (χ4n) is 2.54. The molecule has 14 heavy (non-hydrogen) atoms. The van der Waals surface area contributed by atoms with E-state index < -0.39 is 0 Å². The first kappa shape index (κ1) is 6.70. The zero-order valence-electron chi connectivity index (χ0n) is 7.94. The van der Waals surface area contributed by atoms with Gasteiger partial charge < -0.3 is 0 Å². The molecule has 4 nitrogen and oxygen atoms in total. The van der Waals surface area contributed by atoms with Gasteiger partial charge in [0.15, 0.2) is 18.9 Å². The Labute approximate surface area is 81.1 Å². The van der Waals surface area contributed by atoms with Gasteiger partial charge in [0.25, 0.3) is 0 Å². The van der Waals surface area contributed by atoms with Crippen LogP contribution in [0, 0.1) is 6.92 Å². The van der Waals surface area contributed by atoms with E-state index in [1.165, 1.54) is 17.2 Å². The number of aromatic nitrogens is 4. The summed E-state index contributed by atoms with van der Waals surface area (Å²) in [4.78, 5) is 4.58. The molecule has 2 aromatic heterocycles. The number of hydrogen-bond acceptors (Lipinski definition) is 1. The Bertz CT molecular complexity index is 568. The van der Waals surface area contributed by atoms with Gasteiger partial charge in [0, 0.05) is 0 Å². The molecule has 2 aromatic rings. The molecule has 0 N–H and O–H groups in total. The number of nitrogens with zero attached hydrogens (tertiary/aromatic N) is 4. The van der Waals surface area contributed by atoms with Gasteiger partial charge in [-0.1, -0.05) is 0 Å². The van der Waals surface area contributed by atoms with Gasteiger partial charge in [0.1, 0.15) is 11.5 Å². The van der Waals surface area contributed by atoms with E-state index >= 15 is 0 Å². The van der Waals surface area contributed by atoms with Crippen LogP contribution in [0.2, 0.25) is 0 Å². The van der Waals surface area contributed by atoms with Crippen molar-refractivity contribution in [2.24, 2.45) is 0 Å². The summed E-state index contributed by atoms with van der Waals surface area (Å²) < 4.78 is 6.83. The molecule has 0 saturated carbocycles. The molecule has 0 radical (unpaired) electrons. The van der Waals surface area contributed by atoms with Gasteiger partial charge in [-0.15, -0.1) is 9.13 Å². The molecular weight excluding hydrogens is 176 g/mol. The minimum Gasteiger partial charge on any atom is -0.259 e. The molecule has 4 rings (SSSR count). The SMILES string of the molecule is Cc1nc2c3n1C[n+]1ccc[n+](c1-3)C2. The Kier molecular flexibility index (Phi) is 0.895. The fourth-order valence-corrected chi connectivity index (χ4v) is 2.54. The molecular formula is C10H10N4+2. The van der Waals surface area contributed by atoms with Crippen LogP contribution in [0.25, 0.3) is 11.5 Å². The molecule has 0 aromatic carbocycles. The molecule has 0 atom stereocenters. The van der Waals surface area contributed by atoms with E-state index in [1.807, 2.05) is 0 Å². The first-order valence-corrected chi connectivity index (χ1v) is 4.83. The van der Waals surface area contributed by atoms with Crippen LogP contribution in [-0.4, -0.2) is 9.55 Å². The second-order valence-corrected chi connectivity index (χ2v) is 3.94. The molecule has 0 fully saturated rings. The van der Waals surface area contributed by atoms with Crippen LogP contribution < -0.4 is 9.13 Å². The largest absolute Gasteiger partial charge is 0.472 e. The third-order valence-electron chi connectivity index (χ3n) is 3.13. The summed E-state index contributed by atoms with van der Waals surface area (Å²) in [6.45, 7) is 3.93. The van der Waals surface area contributed by atoms with Crippen molar-refractivity contribution < 1.29 is 9.13 Å². The molecule has 0 amide bonds. The lowest BCUT2D eigenvalue weighted by molar-refractivity contribution is -0.796. The van der Waals surface area contributed by atoms with Gasteiger partial charge in [-0.3, -0.25) is 4.57 Å². The fraction of sp³-hybridized carbons (Fsp3) is 0.300.